The number of rotatable bonds is 3. The Bertz CT molecular complexity index is 503. The summed E-state index contributed by atoms with van der Waals surface area (Å²) in [6, 6.07) is 8.14. The minimum Gasteiger partial charge on any atom is -0.338 e. The molecule has 1 aromatic carbocycles. The summed E-state index contributed by atoms with van der Waals surface area (Å²) >= 11 is 0. The lowest BCUT2D eigenvalue weighted by molar-refractivity contribution is 0.0776. The second-order valence-electron chi connectivity index (χ2n) is 6.99. The van der Waals surface area contributed by atoms with Crippen LogP contribution in [0.4, 0.5) is 0 Å². The first-order valence-electron chi connectivity index (χ1n) is 8.74. The molecular weight excluding hydrogens is 272 g/mol. The van der Waals surface area contributed by atoms with E-state index >= 15 is 0 Å². The van der Waals surface area contributed by atoms with E-state index in [-0.39, 0.29) is 5.91 Å². The van der Waals surface area contributed by atoms with Crippen LogP contribution in [0.15, 0.2) is 24.3 Å². The number of piperidine rings is 1. The topological polar surface area (TPSA) is 23.6 Å². The van der Waals surface area contributed by atoms with Crippen LogP contribution in [0, 0.1) is 11.8 Å². The van der Waals surface area contributed by atoms with Crippen molar-refractivity contribution in [3.8, 4) is 0 Å². The average molecular weight is 300 g/mol. The van der Waals surface area contributed by atoms with Gasteiger partial charge in [-0.3, -0.25) is 4.79 Å². The molecule has 0 aliphatic carbocycles. The Hall–Kier alpha value is -1.35. The zero-order valence-electron chi connectivity index (χ0n) is 13.9. The number of aryl methyl sites for hydroxylation is 1. The van der Waals surface area contributed by atoms with E-state index in [0.717, 1.165) is 31.0 Å². The summed E-state index contributed by atoms with van der Waals surface area (Å²) in [5.41, 5.74) is 2.14. The molecule has 0 saturated carbocycles. The zero-order chi connectivity index (χ0) is 15.5. The number of hydrogen-bond acceptors (Lipinski definition) is 2. The van der Waals surface area contributed by atoms with Gasteiger partial charge in [-0.25, -0.2) is 0 Å². The van der Waals surface area contributed by atoms with E-state index in [9.17, 15) is 4.79 Å². The van der Waals surface area contributed by atoms with Crippen LogP contribution < -0.4 is 0 Å². The Morgan fingerprint density at radius 2 is 1.68 bits per heavy atom. The van der Waals surface area contributed by atoms with Crippen molar-refractivity contribution in [1.82, 2.24) is 9.80 Å². The van der Waals surface area contributed by atoms with E-state index in [4.69, 9.17) is 0 Å². The molecule has 3 nitrogen and oxygen atoms in total. The van der Waals surface area contributed by atoms with Crippen LogP contribution in [0.1, 0.15) is 42.1 Å². The monoisotopic (exact) mass is 300 g/mol. The maximum absolute atomic E-state index is 12.6. The fourth-order valence-electron chi connectivity index (χ4n) is 3.92. The van der Waals surface area contributed by atoms with E-state index in [1.807, 2.05) is 12.1 Å². The highest BCUT2D eigenvalue weighted by Crippen LogP contribution is 2.32. The molecule has 0 N–H and O–H groups in total. The summed E-state index contributed by atoms with van der Waals surface area (Å²) in [6.45, 7) is 6.47. The number of benzene rings is 1. The van der Waals surface area contributed by atoms with E-state index in [0.29, 0.717) is 5.92 Å². The summed E-state index contributed by atoms with van der Waals surface area (Å²) in [5, 5.41) is 0. The van der Waals surface area contributed by atoms with Crippen LogP contribution in [-0.4, -0.2) is 48.9 Å². The summed E-state index contributed by atoms with van der Waals surface area (Å²) in [4.78, 5) is 17.1. The molecule has 1 unspecified atom stereocenters. The molecule has 3 rings (SSSR count). The number of carbonyl (C=O) groups excluding carboxylic acids is 1. The van der Waals surface area contributed by atoms with Gasteiger partial charge in [-0.15, -0.1) is 0 Å². The molecule has 22 heavy (non-hydrogen) atoms. The van der Waals surface area contributed by atoms with Crippen LogP contribution in [0.3, 0.4) is 0 Å². The van der Waals surface area contributed by atoms with Gasteiger partial charge in [0.15, 0.2) is 0 Å². The van der Waals surface area contributed by atoms with E-state index in [1.54, 1.807) is 0 Å². The molecule has 1 aromatic rings. The Balaban J connectivity index is 1.58. The molecule has 2 saturated heterocycles. The average Bonchev–Trinajstić information content (AvgIpc) is 3.05. The van der Waals surface area contributed by atoms with Gasteiger partial charge in [0.2, 0.25) is 0 Å². The third-order valence-corrected chi connectivity index (χ3v) is 5.55. The van der Waals surface area contributed by atoms with Gasteiger partial charge in [-0.05, 0) is 75.4 Å². The summed E-state index contributed by atoms with van der Waals surface area (Å²) in [7, 11) is 2.21. The number of likely N-dealkylation sites (tertiary alicyclic amines) is 2. The molecule has 1 amide bonds. The third kappa shape index (κ3) is 3.35. The first kappa shape index (κ1) is 15.5. The largest absolute Gasteiger partial charge is 0.338 e. The number of carbonyl (C=O) groups is 1. The van der Waals surface area contributed by atoms with Crippen molar-refractivity contribution in [2.45, 2.75) is 32.6 Å². The molecule has 2 aliphatic rings. The van der Waals surface area contributed by atoms with Gasteiger partial charge in [0.1, 0.15) is 0 Å². The maximum Gasteiger partial charge on any atom is 0.253 e. The normalized spacial score (nSPS) is 23.9. The van der Waals surface area contributed by atoms with Crippen molar-refractivity contribution in [3.05, 3.63) is 35.4 Å². The van der Waals surface area contributed by atoms with Crippen LogP contribution in [0.2, 0.25) is 0 Å². The van der Waals surface area contributed by atoms with Crippen molar-refractivity contribution >= 4 is 5.91 Å². The molecule has 0 radical (unpaired) electrons. The molecule has 2 fully saturated rings. The highest BCUT2D eigenvalue weighted by molar-refractivity contribution is 5.94. The van der Waals surface area contributed by atoms with Crippen molar-refractivity contribution in [2.24, 2.45) is 11.8 Å². The molecule has 0 aromatic heterocycles. The fourth-order valence-corrected chi connectivity index (χ4v) is 3.92. The quantitative estimate of drug-likeness (QED) is 0.856. The molecule has 0 spiro atoms. The number of nitrogens with zero attached hydrogens (tertiary/aromatic N) is 2. The highest BCUT2D eigenvalue weighted by atomic mass is 16.2. The summed E-state index contributed by atoms with van der Waals surface area (Å²) in [5.74, 6) is 1.75. The molecule has 0 bridgehead atoms. The van der Waals surface area contributed by atoms with Gasteiger partial charge in [-0.2, -0.15) is 0 Å². The van der Waals surface area contributed by atoms with Gasteiger partial charge >= 0.3 is 0 Å². The fraction of sp³-hybridized carbons (Fsp3) is 0.632. The molecule has 3 heteroatoms. The van der Waals surface area contributed by atoms with Crippen LogP contribution in [0.5, 0.6) is 0 Å². The Kier molecular flexibility index (Phi) is 4.82. The molecular formula is C19H28N2O. The van der Waals surface area contributed by atoms with Gasteiger partial charge < -0.3 is 9.80 Å². The summed E-state index contributed by atoms with van der Waals surface area (Å²) in [6.07, 6.45) is 4.81. The minimum atomic E-state index is 0.220. The van der Waals surface area contributed by atoms with E-state index in [1.165, 1.54) is 37.9 Å². The minimum absolute atomic E-state index is 0.220. The lowest BCUT2D eigenvalue weighted by Gasteiger charge is -2.32. The van der Waals surface area contributed by atoms with Crippen molar-refractivity contribution in [3.63, 3.8) is 0 Å². The van der Waals surface area contributed by atoms with Crippen LogP contribution in [-0.2, 0) is 6.42 Å². The third-order valence-electron chi connectivity index (χ3n) is 5.55. The smallest absolute Gasteiger partial charge is 0.253 e. The lowest BCUT2D eigenvalue weighted by Crippen LogP contribution is -2.35. The first-order chi connectivity index (χ1) is 10.7. The predicted octanol–water partition coefficient (Wildman–Crippen LogP) is 3.05. The summed E-state index contributed by atoms with van der Waals surface area (Å²) < 4.78 is 0. The highest BCUT2D eigenvalue weighted by Gasteiger charge is 2.33. The first-order valence-corrected chi connectivity index (χ1v) is 8.74. The number of hydrogen-bond donors (Lipinski definition) is 0. The van der Waals surface area contributed by atoms with Crippen molar-refractivity contribution in [2.75, 3.05) is 33.2 Å². The molecule has 2 aliphatic heterocycles. The van der Waals surface area contributed by atoms with Gasteiger partial charge in [0, 0.05) is 18.7 Å². The predicted molar refractivity (Wildman–Crippen MR) is 90.1 cm³/mol. The Morgan fingerprint density at radius 3 is 2.32 bits per heavy atom. The Morgan fingerprint density at radius 1 is 1.05 bits per heavy atom. The van der Waals surface area contributed by atoms with Gasteiger partial charge in [-0.1, -0.05) is 19.1 Å². The lowest BCUT2D eigenvalue weighted by atomic mass is 9.84. The second kappa shape index (κ2) is 6.82. The SMILES string of the molecule is CCc1ccc(C(=O)N2CCC(C3CCN(C)CC3)C2)cc1. The number of amides is 1. The Labute approximate surface area is 134 Å². The maximum atomic E-state index is 12.6. The van der Waals surface area contributed by atoms with Crippen molar-refractivity contribution in [1.29, 1.82) is 0 Å². The van der Waals surface area contributed by atoms with Gasteiger partial charge in [0.25, 0.3) is 5.91 Å². The van der Waals surface area contributed by atoms with E-state index < -0.39 is 0 Å². The molecule has 2 heterocycles. The second-order valence-corrected chi connectivity index (χ2v) is 6.99. The zero-order valence-corrected chi connectivity index (χ0v) is 13.9. The molecule has 120 valence electrons. The standard InChI is InChI=1S/C19H28N2O/c1-3-15-4-6-17(7-5-15)19(22)21-13-10-18(14-21)16-8-11-20(2)12-9-16/h4-7,16,18H,3,8-14H2,1-2H3. The molecule has 1 atom stereocenters. The van der Waals surface area contributed by atoms with Crippen molar-refractivity contribution < 1.29 is 4.79 Å². The van der Waals surface area contributed by atoms with Crippen LogP contribution >= 0.6 is 0 Å². The van der Waals surface area contributed by atoms with Gasteiger partial charge in [0.05, 0.1) is 0 Å². The van der Waals surface area contributed by atoms with E-state index in [2.05, 4.69) is 35.9 Å². The van der Waals surface area contributed by atoms with Crippen LogP contribution in [0.25, 0.3) is 0 Å².